The van der Waals surface area contributed by atoms with Crippen molar-refractivity contribution in [1.29, 1.82) is 0 Å². The molecule has 148 valence electrons. The molecule has 1 aromatic carbocycles. The molecule has 0 saturated carbocycles. The number of aromatic nitrogens is 2. The molecule has 6 nitrogen and oxygen atoms in total. The number of halogens is 1. The molecule has 1 saturated heterocycles. The quantitative estimate of drug-likeness (QED) is 0.881. The molecule has 0 aliphatic carbocycles. The Bertz CT molecular complexity index is 908. The third kappa shape index (κ3) is 3.66. The predicted octanol–water partition coefficient (Wildman–Crippen LogP) is 3.48. The summed E-state index contributed by atoms with van der Waals surface area (Å²) in [4.78, 5) is 32.3. The van der Waals surface area contributed by atoms with Gasteiger partial charge in [-0.2, -0.15) is 0 Å². The summed E-state index contributed by atoms with van der Waals surface area (Å²) in [5.74, 6) is -0.209. The van der Waals surface area contributed by atoms with Crippen LogP contribution in [0.25, 0.3) is 0 Å². The second-order valence-electron chi connectivity index (χ2n) is 7.80. The maximum absolute atomic E-state index is 13.4. The number of nitrogens with zero attached hydrogens (tertiary/aromatic N) is 3. The molecular weight excluding hydrogens is 359 g/mol. The Balaban J connectivity index is 1.63. The Labute approximate surface area is 163 Å². The van der Waals surface area contributed by atoms with E-state index in [4.69, 9.17) is 0 Å². The van der Waals surface area contributed by atoms with Gasteiger partial charge in [-0.05, 0) is 56.2 Å². The first-order chi connectivity index (χ1) is 13.5. The van der Waals surface area contributed by atoms with Crippen molar-refractivity contribution in [3.05, 3.63) is 47.3 Å². The van der Waals surface area contributed by atoms with Gasteiger partial charge in [-0.3, -0.25) is 9.59 Å². The number of hydrogen-bond acceptors (Lipinski definition) is 3. The number of anilines is 1. The van der Waals surface area contributed by atoms with Gasteiger partial charge in [0.15, 0.2) is 5.82 Å². The highest BCUT2D eigenvalue weighted by atomic mass is 19.1. The molecule has 1 aromatic heterocycles. The Hall–Kier alpha value is -2.70. The van der Waals surface area contributed by atoms with Crippen LogP contribution in [0.4, 0.5) is 10.1 Å². The first-order valence-electron chi connectivity index (χ1n) is 9.98. The molecule has 1 N–H and O–H groups in total. The lowest BCUT2D eigenvalue weighted by Crippen LogP contribution is -2.39. The van der Waals surface area contributed by atoms with Gasteiger partial charge in [0.1, 0.15) is 11.5 Å². The summed E-state index contributed by atoms with van der Waals surface area (Å²) in [6, 6.07) is 5.75. The fraction of sp³-hybridized carbons (Fsp3) is 0.476. The number of fused-ring (bicyclic) bond motifs is 1. The number of amides is 2. The molecule has 28 heavy (non-hydrogen) atoms. The summed E-state index contributed by atoms with van der Waals surface area (Å²) in [6.07, 6.45) is 4.79. The molecule has 1 atom stereocenters. The van der Waals surface area contributed by atoms with Gasteiger partial charge >= 0.3 is 0 Å². The van der Waals surface area contributed by atoms with Crippen molar-refractivity contribution >= 4 is 17.5 Å². The molecule has 2 aromatic rings. The molecule has 1 fully saturated rings. The first-order valence-corrected chi connectivity index (χ1v) is 9.98. The van der Waals surface area contributed by atoms with Crippen LogP contribution in [0.5, 0.6) is 0 Å². The average molecular weight is 384 g/mol. The largest absolute Gasteiger partial charge is 0.337 e. The molecule has 2 aliphatic rings. The number of likely N-dealkylation sites (tertiary alicyclic amines) is 1. The van der Waals surface area contributed by atoms with Gasteiger partial charge in [0.2, 0.25) is 0 Å². The highest BCUT2D eigenvalue weighted by Crippen LogP contribution is 2.25. The molecule has 1 unspecified atom stereocenters. The minimum Gasteiger partial charge on any atom is -0.337 e. The molecule has 4 rings (SSSR count). The summed E-state index contributed by atoms with van der Waals surface area (Å²) in [5.41, 5.74) is 1.62. The lowest BCUT2D eigenvalue weighted by molar-refractivity contribution is 0.0676. The van der Waals surface area contributed by atoms with Crippen molar-refractivity contribution < 1.29 is 14.0 Å². The minimum absolute atomic E-state index is 0.0815. The number of piperidine rings is 1. The third-order valence-corrected chi connectivity index (χ3v) is 5.55. The number of benzene rings is 1. The van der Waals surface area contributed by atoms with E-state index in [9.17, 15) is 14.0 Å². The van der Waals surface area contributed by atoms with Crippen molar-refractivity contribution in [3.63, 3.8) is 0 Å². The van der Waals surface area contributed by atoms with Gasteiger partial charge < -0.3 is 14.8 Å². The van der Waals surface area contributed by atoms with E-state index in [1.54, 1.807) is 12.1 Å². The number of nitrogens with one attached hydrogen (secondary N) is 1. The van der Waals surface area contributed by atoms with Crippen LogP contribution in [0.2, 0.25) is 0 Å². The lowest BCUT2D eigenvalue weighted by Gasteiger charge is -2.30. The van der Waals surface area contributed by atoms with Crippen LogP contribution in [0.15, 0.2) is 24.3 Å². The zero-order valence-electron chi connectivity index (χ0n) is 16.1. The molecule has 2 amide bonds. The zero-order valence-corrected chi connectivity index (χ0v) is 16.1. The lowest BCUT2D eigenvalue weighted by atomic mass is 9.99. The van der Waals surface area contributed by atoms with Crippen molar-refractivity contribution in [2.75, 3.05) is 18.4 Å². The molecule has 0 radical (unpaired) electrons. The number of carbonyl (C=O) groups excluding carboxylic acids is 2. The summed E-state index contributed by atoms with van der Waals surface area (Å²) in [5, 5.41) is 2.70. The number of hydrogen-bond donors (Lipinski definition) is 1. The van der Waals surface area contributed by atoms with Gasteiger partial charge in [-0.15, -0.1) is 0 Å². The van der Waals surface area contributed by atoms with Gasteiger partial charge in [0, 0.05) is 25.3 Å². The third-order valence-electron chi connectivity index (χ3n) is 5.55. The van der Waals surface area contributed by atoms with Crippen LogP contribution in [0.1, 0.15) is 59.4 Å². The molecular formula is C21H25FN4O2. The van der Waals surface area contributed by atoms with Gasteiger partial charge in [-0.1, -0.05) is 13.0 Å². The second kappa shape index (κ2) is 7.73. The Morgan fingerprint density at radius 2 is 2.07 bits per heavy atom. The van der Waals surface area contributed by atoms with Crippen molar-refractivity contribution in [3.8, 4) is 0 Å². The van der Waals surface area contributed by atoms with Crippen LogP contribution in [-0.4, -0.2) is 39.4 Å². The van der Waals surface area contributed by atoms with Gasteiger partial charge in [0.05, 0.1) is 5.69 Å². The van der Waals surface area contributed by atoms with Crippen LogP contribution in [-0.2, 0) is 13.0 Å². The van der Waals surface area contributed by atoms with Gasteiger partial charge in [0.25, 0.3) is 11.8 Å². The Morgan fingerprint density at radius 1 is 1.21 bits per heavy atom. The summed E-state index contributed by atoms with van der Waals surface area (Å²) in [6.45, 7) is 4.29. The van der Waals surface area contributed by atoms with E-state index < -0.39 is 11.7 Å². The predicted molar refractivity (Wildman–Crippen MR) is 104 cm³/mol. The summed E-state index contributed by atoms with van der Waals surface area (Å²) in [7, 11) is 0. The molecule has 7 heteroatoms. The van der Waals surface area contributed by atoms with Crippen molar-refractivity contribution in [2.45, 2.75) is 45.6 Å². The van der Waals surface area contributed by atoms with E-state index in [2.05, 4.69) is 17.2 Å². The first kappa shape index (κ1) is 18.7. The van der Waals surface area contributed by atoms with Crippen molar-refractivity contribution in [2.24, 2.45) is 5.92 Å². The maximum atomic E-state index is 13.4. The van der Waals surface area contributed by atoms with Crippen LogP contribution in [0, 0.1) is 11.7 Å². The number of rotatable bonds is 3. The zero-order chi connectivity index (χ0) is 19.7. The van der Waals surface area contributed by atoms with Gasteiger partial charge in [-0.25, -0.2) is 9.37 Å². The fourth-order valence-corrected chi connectivity index (χ4v) is 4.16. The van der Waals surface area contributed by atoms with E-state index in [1.807, 2.05) is 9.47 Å². The van der Waals surface area contributed by atoms with Crippen LogP contribution in [0.3, 0.4) is 0 Å². The van der Waals surface area contributed by atoms with E-state index >= 15 is 0 Å². The van der Waals surface area contributed by atoms with E-state index in [0.717, 1.165) is 50.9 Å². The average Bonchev–Trinajstić information content (AvgIpc) is 3.07. The monoisotopic (exact) mass is 384 g/mol. The number of imidazole rings is 1. The maximum Gasteiger partial charge on any atom is 0.291 e. The number of carbonyl (C=O) groups is 2. The topological polar surface area (TPSA) is 67.2 Å². The highest BCUT2D eigenvalue weighted by molar-refractivity contribution is 6.03. The second-order valence-corrected chi connectivity index (χ2v) is 7.80. The van der Waals surface area contributed by atoms with E-state index in [-0.39, 0.29) is 11.7 Å². The SMILES string of the molecule is CC1CCCN(C(=O)c2nc(C(=O)Nc3cccc(F)c3)n3c2CCCC3)C1. The van der Waals surface area contributed by atoms with Crippen LogP contribution >= 0.6 is 0 Å². The normalized spacial score (nSPS) is 19.2. The summed E-state index contributed by atoms with van der Waals surface area (Å²) < 4.78 is 15.3. The Kier molecular flexibility index (Phi) is 5.15. The molecule has 0 spiro atoms. The van der Waals surface area contributed by atoms with E-state index in [1.165, 1.54) is 12.1 Å². The highest BCUT2D eigenvalue weighted by Gasteiger charge is 2.31. The Morgan fingerprint density at radius 3 is 2.86 bits per heavy atom. The van der Waals surface area contributed by atoms with E-state index in [0.29, 0.717) is 23.8 Å². The minimum atomic E-state index is -0.418. The molecule has 3 heterocycles. The summed E-state index contributed by atoms with van der Waals surface area (Å²) >= 11 is 0. The molecule has 0 bridgehead atoms. The standard InChI is InChI=1S/C21H25FN4O2/c1-14-6-5-10-25(13-14)21(28)18-17-9-2-3-11-26(17)19(24-18)20(27)23-16-8-4-7-15(22)12-16/h4,7-8,12,14H,2-3,5-6,9-11,13H2,1H3,(H,23,27). The van der Waals surface area contributed by atoms with Crippen LogP contribution < -0.4 is 5.32 Å². The fourth-order valence-electron chi connectivity index (χ4n) is 4.16. The van der Waals surface area contributed by atoms with Crippen molar-refractivity contribution in [1.82, 2.24) is 14.5 Å². The molecule has 2 aliphatic heterocycles. The smallest absolute Gasteiger partial charge is 0.291 e.